The largest absolute Gasteiger partial charge is 0.481 e. The van der Waals surface area contributed by atoms with Crippen molar-refractivity contribution in [3.8, 4) is 0 Å². The molecule has 1 saturated heterocycles. The minimum absolute atomic E-state index is 0.00187. The fourth-order valence-electron chi connectivity index (χ4n) is 2.70. The van der Waals surface area contributed by atoms with Crippen LogP contribution in [0.5, 0.6) is 0 Å². The Kier molecular flexibility index (Phi) is 5.20. The van der Waals surface area contributed by atoms with Crippen LogP contribution in [-0.4, -0.2) is 47.4 Å². The van der Waals surface area contributed by atoms with Crippen molar-refractivity contribution >= 4 is 17.8 Å². The Morgan fingerprint density at radius 3 is 2.20 bits per heavy atom. The number of benzene rings is 1. The first kappa shape index (κ1) is 19.0. The Balaban J connectivity index is 2.01. The molecule has 1 aliphatic rings. The van der Waals surface area contributed by atoms with E-state index in [0.717, 1.165) is 0 Å². The average Bonchev–Trinajstić information content (AvgIpc) is 2.95. The number of carbonyl (C=O) groups excluding carboxylic acids is 2. The van der Waals surface area contributed by atoms with E-state index in [1.807, 2.05) is 20.8 Å². The summed E-state index contributed by atoms with van der Waals surface area (Å²) in [5.74, 6) is -1.26. The van der Waals surface area contributed by atoms with Crippen LogP contribution < -0.4 is 5.32 Å². The maximum absolute atomic E-state index is 12.5. The van der Waals surface area contributed by atoms with Crippen molar-refractivity contribution < 1.29 is 19.5 Å². The van der Waals surface area contributed by atoms with Crippen molar-refractivity contribution in [3.63, 3.8) is 0 Å². The van der Waals surface area contributed by atoms with Gasteiger partial charge < -0.3 is 15.3 Å². The number of aliphatic carboxylic acids is 1. The molecule has 1 heterocycles. The lowest BCUT2D eigenvalue weighted by Gasteiger charge is -2.20. The van der Waals surface area contributed by atoms with Crippen LogP contribution in [0.2, 0.25) is 0 Å². The van der Waals surface area contributed by atoms with Crippen molar-refractivity contribution in [2.75, 3.05) is 19.6 Å². The summed E-state index contributed by atoms with van der Waals surface area (Å²) in [4.78, 5) is 37.5. The third-order valence-electron chi connectivity index (χ3n) is 4.45. The summed E-state index contributed by atoms with van der Waals surface area (Å²) in [6.45, 7) is 8.96. The number of nitrogens with one attached hydrogen (secondary N) is 1. The van der Waals surface area contributed by atoms with Crippen LogP contribution in [0.3, 0.4) is 0 Å². The maximum Gasteiger partial charge on any atom is 0.311 e. The molecule has 1 unspecified atom stereocenters. The Morgan fingerprint density at radius 1 is 1.16 bits per heavy atom. The maximum atomic E-state index is 12.5. The van der Waals surface area contributed by atoms with E-state index >= 15 is 0 Å². The van der Waals surface area contributed by atoms with E-state index in [1.54, 1.807) is 36.1 Å². The van der Waals surface area contributed by atoms with Gasteiger partial charge in [0.05, 0.1) is 5.41 Å². The smallest absolute Gasteiger partial charge is 0.311 e. The number of hydrogen-bond donors (Lipinski definition) is 2. The zero-order valence-corrected chi connectivity index (χ0v) is 15.3. The lowest BCUT2D eigenvalue weighted by Crippen LogP contribution is -2.35. The van der Waals surface area contributed by atoms with Gasteiger partial charge in [0.2, 0.25) is 0 Å². The molecule has 0 bridgehead atoms. The Morgan fingerprint density at radius 2 is 1.72 bits per heavy atom. The fourth-order valence-corrected chi connectivity index (χ4v) is 2.70. The molecule has 0 saturated carbocycles. The average molecular weight is 346 g/mol. The molecule has 1 aromatic rings. The van der Waals surface area contributed by atoms with Gasteiger partial charge in [-0.2, -0.15) is 0 Å². The second-order valence-corrected chi connectivity index (χ2v) is 8.16. The first-order valence-corrected chi connectivity index (χ1v) is 8.43. The topological polar surface area (TPSA) is 86.7 Å². The fraction of sp³-hybridized carbons (Fsp3) is 0.526. The number of amides is 2. The number of carboxylic acids is 1. The lowest BCUT2D eigenvalue weighted by atomic mass is 9.90. The number of carboxylic acid groups (broad SMARTS) is 1. The minimum atomic E-state index is -0.886. The van der Waals surface area contributed by atoms with Crippen molar-refractivity contribution in [3.05, 3.63) is 35.4 Å². The van der Waals surface area contributed by atoms with Crippen LogP contribution in [0.25, 0.3) is 0 Å². The van der Waals surface area contributed by atoms with Crippen LogP contribution in [0.15, 0.2) is 24.3 Å². The quantitative estimate of drug-likeness (QED) is 0.876. The normalized spacial score (nSPS) is 20.4. The molecule has 0 aliphatic carbocycles. The van der Waals surface area contributed by atoms with Crippen molar-refractivity contribution in [2.45, 2.75) is 34.1 Å². The number of carbonyl (C=O) groups is 3. The molecular formula is C19H26N2O4. The van der Waals surface area contributed by atoms with Gasteiger partial charge in [-0.15, -0.1) is 0 Å². The van der Waals surface area contributed by atoms with Crippen LogP contribution in [0.4, 0.5) is 0 Å². The van der Waals surface area contributed by atoms with Crippen LogP contribution >= 0.6 is 0 Å². The molecule has 1 aromatic carbocycles. The Bertz CT molecular complexity index is 676. The Hall–Kier alpha value is -2.37. The first-order chi connectivity index (χ1) is 11.5. The lowest BCUT2D eigenvalue weighted by molar-refractivity contribution is -0.147. The van der Waals surface area contributed by atoms with Gasteiger partial charge in [-0.25, -0.2) is 0 Å². The molecule has 0 aromatic heterocycles. The van der Waals surface area contributed by atoms with E-state index in [4.69, 9.17) is 0 Å². The monoisotopic (exact) mass is 346 g/mol. The summed E-state index contributed by atoms with van der Waals surface area (Å²) in [5.41, 5.74) is 0.0696. The van der Waals surface area contributed by atoms with Gasteiger partial charge in [-0.3, -0.25) is 14.4 Å². The van der Waals surface area contributed by atoms with E-state index in [9.17, 15) is 19.5 Å². The second kappa shape index (κ2) is 6.86. The third-order valence-corrected chi connectivity index (χ3v) is 4.45. The SMILES string of the molecule is CC(C)(C)CNC(=O)c1ccc(C(=O)N2CCC(C)(C(=O)O)C2)cc1. The molecule has 0 radical (unpaired) electrons. The highest BCUT2D eigenvalue weighted by molar-refractivity contribution is 5.98. The van der Waals surface area contributed by atoms with Crippen molar-refractivity contribution in [1.29, 1.82) is 0 Å². The summed E-state index contributed by atoms with van der Waals surface area (Å²) in [6, 6.07) is 6.48. The van der Waals surface area contributed by atoms with Gasteiger partial charge in [0.1, 0.15) is 0 Å². The molecule has 1 atom stereocenters. The zero-order chi connectivity index (χ0) is 18.8. The van der Waals surface area contributed by atoms with Crippen LogP contribution in [0, 0.1) is 10.8 Å². The molecule has 6 heteroatoms. The number of nitrogens with zero attached hydrogens (tertiary/aromatic N) is 1. The predicted molar refractivity (Wildman–Crippen MR) is 94.5 cm³/mol. The number of rotatable bonds is 4. The van der Waals surface area contributed by atoms with Gasteiger partial charge >= 0.3 is 5.97 Å². The molecule has 2 rings (SSSR count). The third kappa shape index (κ3) is 4.59. The van der Waals surface area contributed by atoms with E-state index in [0.29, 0.717) is 30.6 Å². The van der Waals surface area contributed by atoms with Crippen LogP contribution in [-0.2, 0) is 4.79 Å². The number of hydrogen-bond acceptors (Lipinski definition) is 3. The standard InChI is InChI=1S/C19H26N2O4/c1-18(2,3)11-20-15(22)13-5-7-14(8-6-13)16(23)21-10-9-19(4,12-21)17(24)25/h5-8H,9-12H2,1-4H3,(H,20,22)(H,24,25). The van der Waals surface area contributed by atoms with Gasteiger partial charge in [-0.1, -0.05) is 20.8 Å². The minimum Gasteiger partial charge on any atom is -0.481 e. The second-order valence-electron chi connectivity index (χ2n) is 8.16. The molecule has 25 heavy (non-hydrogen) atoms. The highest BCUT2D eigenvalue weighted by atomic mass is 16.4. The summed E-state index contributed by atoms with van der Waals surface area (Å²) in [5, 5.41) is 12.1. The summed E-state index contributed by atoms with van der Waals surface area (Å²) in [7, 11) is 0. The van der Waals surface area contributed by atoms with Gasteiger partial charge in [-0.05, 0) is 43.0 Å². The molecule has 2 N–H and O–H groups in total. The summed E-state index contributed by atoms with van der Waals surface area (Å²) >= 11 is 0. The van der Waals surface area contributed by atoms with E-state index in [2.05, 4.69) is 5.32 Å². The van der Waals surface area contributed by atoms with E-state index < -0.39 is 11.4 Å². The highest BCUT2D eigenvalue weighted by Gasteiger charge is 2.42. The molecule has 136 valence electrons. The van der Waals surface area contributed by atoms with Crippen molar-refractivity contribution in [1.82, 2.24) is 10.2 Å². The molecule has 6 nitrogen and oxygen atoms in total. The molecule has 1 aliphatic heterocycles. The number of likely N-dealkylation sites (tertiary alicyclic amines) is 1. The molecule has 2 amide bonds. The van der Waals surface area contributed by atoms with Gasteiger partial charge in [0, 0.05) is 30.8 Å². The highest BCUT2D eigenvalue weighted by Crippen LogP contribution is 2.31. The predicted octanol–water partition coefficient (Wildman–Crippen LogP) is 2.40. The van der Waals surface area contributed by atoms with Crippen LogP contribution in [0.1, 0.15) is 54.8 Å². The zero-order valence-electron chi connectivity index (χ0n) is 15.3. The molecule has 0 spiro atoms. The molecular weight excluding hydrogens is 320 g/mol. The summed E-state index contributed by atoms with van der Waals surface area (Å²) in [6.07, 6.45) is 0.446. The van der Waals surface area contributed by atoms with E-state index in [-0.39, 0.29) is 23.8 Å². The molecule has 1 fully saturated rings. The van der Waals surface area contributed by atoms with Crippen molar-refractivity contribution in [2.24, 2.45) is 10.8 Å². The Labute approximate surface area is 148 Å². The van der Waals surface area contributed by atoms with E-state index in [1.165, 1.54) is 0 Å². The summed E-state index contributed by atoms with van der Waals surface area (Å²) < 4.78 is 0. The van der Waals surface area contributed by atoms with Gasteiger partial charge in [0.25, 0.3) is 11.8 Å². The van der Waals surface area contributed by atoms with Gasteiger partial charge in [0.15, 0.2) is 0 Å². The first-order valence-electron chi connectivity index (χ1n) is 8.43.